The minimum atomic E-state index is -0.756. The Labute approximate surface area is 111 Å². The number of benzene rings is 1. The number of halogens is 2. The van der Waals surface area contributed by atoms with E-state index < -0.39 is 16.2 Å². The molecule has 0 spiro atoms. The van der Waals surface area contributed by atoms with E-state index in [-0.39, 0.29) is 0 Å². The van der Waals surface area contributed by atoms with Crippen molar-refractivity contribution in [3.8, 4) is 11.1 Å². The Morgan fingerprint density at radius 3 is 2.56 bits per heavy atom. The van der Waals surface area contributed by atoms with Gasteiger partial charge in [-0.2, -0.15) is 0 Å². The zero-order valence-electron chi connectivity index (χ0n) is 8.81. The van der Waals surface area contributed by atoms with Gasteiger partial charge in [-0.25, -0.2) is 0 Å². The van der Waals surface area contributed by atoms with Gasteiger partial charge in [0, 0.05) is 33.4 Å². The number of aromatic amines is 1. The molecule has 0 aliphatic rings. The summed E-state index contributed by atoms with van der Waals surface area (Å²) in [5, 5.41) is 11.5. The molecule has 0 bridgehead atoms. The van der Waals surface area contributed by atoms with Crippen LogP contribution in [0.25, 0.3) is 11.1 Å². The van der Waals surface area contributed by atoms with Crippen molar-refractivity contribution in [2.75, 3.05) is 0 Å². The van der Waals surface area contributed by atoms with Crippen LogP contribution in [0.3, 0.4) is 0 Å². The maximum Gasteiger partial charge on any atom is 0.334 e. The van der Waals surface area contributed by atoms with Crippen LogP contribution in [-0.2, 0) is 0 Å². The molecule has 1 aromatic heterocycles. The summed E-state index contributed by atoms with van der Waals surface area (Å²) >= 11 is 11.8. The van der Waals surface area contributed by atoms with Crippen LogP contribution in [0, 0.1) is 10.1 Å². The molecule has 1 N–H and O–H groups in total. The van der Waals surface area contributed by atoms with E-state index in [0.717, 1.165) is 0 Å². The molecule has 0 saturated carbocycles. The second-order valence-electron chi connectivity index (χ2n) is 3.48. The van der Waals surface area contributed by atoms with Crippen molar-refractivity contribution in [3.05, 3.63) is 61.0 Å². The number of rotatable bonds is 2. The minimum absolute atomic E-state index is 0.351. The molecule has 0 aliphatic carbocycles. The molecule has 18 heavy (non-hydrogen) atoms. The molecule has 0 amide bonds. The molecule has 1 aromatic carbocycles. The third-order valence-corrected chi connectivity index (χ3v) is 2.87. The minimum Gasteiger partial charge on any atom is -0.323 e. The van der Waals surface area contributed by atoms with Crippen molar-refractivity contribution >= 4 is 28.9 Å². The Morgan fingerprint density at radius 2 is 1.94 bits per heavy atom. The van der Waals surface area contributed by atoms with Crippen LogP contribution in [0.1, 0.15) is 0 Å². The summed E-state index contributed by atoms with van der Waals surface area (Å²) in [7, 11) is 0. The van der Waals surface area contributed by atoms with Gasteiger partial charge in [-0.3, -0.25) is 14.9 Å². The van der Waals surface area contributed by atoms with Crippen LogP contribution in [0.15, 0.2) is 35.3 Å². The normalized spacial score (nSPS) is 10.3. The zero-order chi connectivity index (χ0) is 13.3. The van der Waals surface area contributed by atoms with Gasteiger partial charge in [-0.1, -0.05) is 29.3 Å². The molecule has 0 radical (unpaired) electrons. The number of H-pyrrole nitrogens is 1. The highest BCUT2D eigenvalue weighted by molar-refractivity contribution is 6.36. The second-order valence-corrected chi connectivity index (χ2v) is 4.33. The smallest absolute Gasteiger partial charge is 0.323 e. The van der Waals surface area contributed by atoms with E-state index in [2.05, 4.69) is 4.98 Å². The summed E-state index contributed by atoms with van der Waals surface area (Å²) in [5.41, 5.74) is -0.282. The fraction of sp³-hybridized carbons (Fsp3) is 0. The predicted octanol–water partition coefficient (Wildman–Crippen LogP) is 3.26. The van der Waals surface area contributed by atoms with Gasteiger partial charge in [0.1, 0.15) is 0 Å². The number of aromatic nitrogens is 1. The fourth-order valence-corrected chi connectivity index (χ4v) is 2.00. The first-order chi connectivity index (χ1) is 8.49. The van der Waals surface area contributed by atoms with E-state index in [1.54, 1.807) is 12.1 Å². The average molecular weight is 285 g/mol. The van der Waals surface area contributed by atoms with Gasteiger partial charge in [0.05, 0.1) is 4.92 Å². The van der Waals surface area contributed by atoms with Crippen molar-refractivity contribution in [2.45, 2.75) is 0 Å². The molecule has 2 rings (SSSR count). The molecule has 0 fully saturated rings. The lowest BCUT2D eigenvalue weighted by molar-refractivity contribution is -0.386. The number of pyridine rings is 1. The lowest BCUT2D eigenvalue weighted by atomic mass is 10.1. The molecule has 92 valence electrons. The average Bonchev–Trinajstić information content (AvgIpc) is 2.30. The van der Waals surface area contributed by atoms with Crippen molar-refractivity contribution in [1.29, 1.82) is 0 Å². The molecule has 0 saturated heterocycles. The maximum atomic E-state index is 11.2. The summed E-state index contributed by atoms with van der Waals surface area (Å²) in [5.74, 6) is 0. The Morgan fingerprint density at radius 1 is 1.22 bits per heavy atom. The highest BCUT2D eigenvalue weighted by Crippen LogP contribution is 2.30. The highest BCUT2D eigenvalue weighted by atomic mass is 35.5. The molecule has 0 atom stereocenters. The number of nitrogens with one attached hydrogen (secondary N) is 1. The molecule has 0 aliphatic heterocycles. The Balaban J connectivity index is 2.61. The van der Waals surface area contributed by atoms with Crippen molar-refractivity contribution < 1.29 is 4.92 Å². The molecular weight excluding hydrogens is 279 g/mol. The quantitative estimate of drug-likeness (QED) is 0.679. The molecular formula is C11H6Cl2N2O3. The third-order valence-electron chi connectivity index (χ3n) is 2.32. The molecule has 7 heteroatoms. The predicted molar refractivity (Wildman–Crippen MR) is 69.2 cm³/mol. The highest BCUT2D eigenvalue weighted by Gasteiger charge is 2.14. The van der Waals surface area contributed by atoms with E-state index in [9.17, 15) is 14.9 Å². The van der Waals surface area contributed by atoms with Gasteiger partial charge in [0.15, 0.2) is 0 Å². The fourth-order valence-electron chi connectivity index (χ4n) is 1.49. The lowest BCUT2D eigenvalue weighted by Crippen LogP contribution is -2.10. The van der Waals surface area contributed by atoms with Crippen LogP contribution in [0.4, 0.5) is 5.69 Å². The van der Waals surface area contributed by atoms with Gasteiger partial charge >= 0.3 is 11.2 Å². The topological polar surface area (TPSA) is 76.0 Å². The largest absolute Gasteiger partial charge is 0.334 e. The maximum absolute atomic E-state index is 11.2. The van der Waals surface area contributed by atoms with E-state index in [4.69, 9.17) is 23.2 Å². The Kier molecular flexibility index (Phi) is 3.36. The standard InChI is InChI=1S/C11H6Cl2N2O3/c12-7-1-2-8(9(13)4-7)6-3-10(15(17)18)11(16)14-5-6/h1-5H,(H,14,16). The summed E-state index contributed by atoms with van der Waals surface area (Å²) in [6.45, 7) is 0. The van der Waals surface area contributed by atoms with Gasteiger partial charge in [0.2, 0.25) is 0 Å². The van der Waals surface area contributed by atoms with E-state index in [1.165, 1.54) is 18.3 Å². The van der Waals surface area contributed by atoms with Gasteiger partial charge < -0.3 is 4.98 Å². The first-order valence-electron chi connectivity index (χ1n) is 4.81. The van der Waals surface area contributed by atoms with Crippen LogP contribution in [-0.4, -0.2) is 9.91 Å². The third kappa shape index (κ3) is 2.37. The van der Waals surface area contributed by atoms with Crippen molar-refractivity contribution in [3.63, 3.8) is 0 Å². The Bertz CT molecular complexity index is 682. The summed E-state index contributed by atoms with van der Waals surface area (Å²) in [6.07, 6.45) is 1.37. The number of hydrogen-bond acceptors (Lipinski definition) is 3. The zero-order valence-corrected chi connectivity index (χ0v) is 10.3. The molecule has 1 heterocycles. The summed E-state index contributed by atoms with van der Waals surface area (Å²) in [4.78, 5) is 23.5. The van der Waals surface area contributed by atoms with Crippen LogP contribution in [0.5, 0.6) is 0 Å². The molecule has 5 nitrogen and oxygen atoms in total. The van der Waals surface area contributed by atoms with E-state index >= 15 is 0 Å². The number of hydrogen-bond donors (Lipinski definition) is 1. The molecule has 2 aromatic rings. The van der Waals surface area contributed by atoms with Crippen molar-refractivity contribution in [1.82, 2.24) is 4.98 Å². The Hall–Kier alpha value is -1.85. The first kappa shape index (κ1) is 12.6. The summed E-state index contributed by atoms with van der Waals surface area (Å²) in [6, 6.07) is 5.94. The first-order valence-corrected chi connectivity index (χ1v) is 5.57. The molecule has 0 unspecified atom stereocenters. The van der Waals surface area contributed by atoms with E-state index in [0.29, 0.717) is 21.2 Å². The number of nitrogens with zero attached hydrogens (tertiary/aromatic N) is 1. The SMILES string of the molecule is O=c1[nH]cc(-c2ccc(Cl)cc2Cl)cc1[N+](=O)[O-]. The number of nitro groups is 1. The van der Waals surface area contributed by atoms with Crippen LogP contribution >= 0.6 is 23.2 Å². The monoisotopic (exact) mass is 284 g/mol. The van der Waals surface area contributed by atoms with Crippen LogP contribution in [0.2, 0.25) is 10.0 Å². The van der Waals surface area contributed by atoms with Gasteiger partial charge in [-0.05, 0) is 12.1 Å². The van der Waals surface area contributed by atoms with E-state index in [1.807, 2.05) is 0 Å². The van der Waals surface area contributed by atoms with Gasteiger partial charge in [-0.15, -0.1) is 0 Å². The van der Waals surface area contributed by atoms with Crippen LogP contribution < -0.4 is 5.56 Å². The lowest BCUT2D eigenvalue weighted by Gasteiger charge is -2.04. The van der Waals surface area contributed by atoms with Crippen molar-refractivity contribution in [2.24, 2.45) is 0 Å². The second kappa shape index (κ2) is 4.80. The summed E-state index contributed by atoms with van der Waals surface area (Å²) < 4.78 is 0. The van der Waals surface area contributed by atoms with Gasteiger partial charge in [0.25, 0.3) is 0 Å².